The molecule has 0 aliphatic heterocycles. The average Bonchev–Trinajstić information content (AvgIpc) is 2.31. The number of anilines is 1. The summed E-state index contributed by atoms with van der Waals surface area (Å²) in [6.07, 6.45) is 0. The minimum atomic E-state index is -0.189. The van der Waals surface area contributed by atoms with Crippen LogP contribution in [0.4, 0.5) is 5.69 Å². The van der Waals surface area contributed by atoms with E-state index in [1.807, 2.05) is 52.2 Å². The molecule has 0 saturated carbocycles. The molecule has 1 unspecified atom stereocenters. The Kier molecular flexibility index (Phi) is 5.82. The van der Waals surface area contributed by atoms with Gasteiger partial charge < -0.3 is 15.5 Å². The van der Waals surface area contributed by atoms with Crippen molar-refractivity contribution in [3.63, 3.8) is 0 Å². The van der Waals surface area contributed by atoms with Crippen LogP contribution in [0.15, 0.2) is 24.3 Å². The van der Waals surface area contributed by atoms with Crippen molar-refractivity contribution in [1.29, 1.82) is 0 Å². The first-order valence-corrected chi connectivity index (χ1v) is 6.24. The predicted octanol–water partition coefficient (Wildman–Crippen LogP) is 1.47. The lowest BCUT2D eigenvalue weighted by Gasteiger charge is -2.16. The number of benzene rings is 1. The molecule has 0 aliphatic carbocycles. The number of nitrogens with zero attached hydrogens (tertiary/aromatic N) is 1. The zero-order valence-corrected chi connectivity index (χ0v) is 11.7. The number of nitrogens with one attached hydrogen (secondary N) is 2. The molecule has 0 heterocycles. The molecule has 0 spiro atoms. The van der Waals surface area contributed by atoms with E-state index >= 15 is 0 Å². The van der Waals surface area contributed by atoms with Gasteiger partial charge in [0, 0.05) is 18.8 Å². The van der Waals surface area contributed by atoms with Gasteiger partial charge >= 0.3 is 0 Å². The summed E-state index contributed by atoms with van der Waals surface area (Å²) in [5.41, 5.74) is 2.03. The summed E-state index contributed by atoms with van der Waals surface area (Å²) >= 11 is 0. The Bertz CT molecular complexity index is 373. The second-order valence-corrected chi connectivity index (χ2v) is 4.83. The standard InChI is InChI=1S/C14H23N3O/c1-11-5-7-13(8-6-11)16-14(18)12(2)15-9-10-17(3)4/h5-8,12,15H,9-10H2,1-4H3,(H,16,18). The van der Waals surface area contributed by atoms with Crippen LogP contribution in [0.25, 0.3) is 0 Å². The quantitative estimate of drug-likeness (QED) is 0.802. The second-order valence-electron chi connectivity index (χ2n) is 4.83. The van der Waals surface area contributed by atoms with Crippen molar-refractivity contribution in [2.45, 2.75) is 19.9 Å². The van der Waals surface area contributed by atoms with Crippen LogP contribution in [0, 0.1) is 6.92 Å². The summed E-state index contributed by atoms with van der Waals surface area (Å²) < 4.78 is 0. The third kappa shape index (κ3) is 5.29. The summed E-state index contributed by atoms with van der Waals surface area (Å²) in [6.45, 7) is 5.62. The van der Waals surface area contributed by atoms with Gasteiger partial charge in [-0.3, -0.25) is 4.79 Å². The van der Waals surface area contributed by atoms with E-state index in [0.717, 1.165) is 18.8 Å². The minimum absolute atomic E-state index is 0.00221. The minimum Gasteiger partial charge on any atom is -0.325 e. The predicted molar refractivity (Wildman–Crippen MR) is 75.8 cm³/mol. The first kappa shape index (κ1) is 14.7. The lowest BCUT2D eigenvalue weighted by Crippen LogP contribution is -2.41. The van der Waals surface area contributed by atoms with Gasteiger partial charge in [-0.2, -0.15) is 0 Å². The van der Waals surface area contributed by atoms with E-state index in [1.54, 1.807) is 0 Å². The Labute approximate surface area is 109 Å². The Hall–Kier alpha value is -1.39. The fourth-order valence-electron chi connectivity index (χ4n) is 1.48. The molecule has 1 rings (SSSR count). The maximum absolute atomic E-state index is 11.9. The van der Waals surface area contributed by atoms with Crippen molar-refractivity contribution in [3.8, 4) is 0 Å². The molecular formula is C14H23N3O. The highest BCUT2D eigenvalue weighted by Gasteiger charge is 2.11. The highest BCUT2D eigenvalue weighted by Crippen LogP contribution is 2.08. The van der Waals surface area contributed by atoms with Gasteiger partial charge in [0.25, 0.3) is 0 Å². The number of carbonyl (C=O) groups excluding carboxylic acids is 1. The maximum Gasteiger partial charge on any atom is 0.241 e. The molecule has 0 aromatic heterocycles. The Balaban J connectivity index is 2.37. The van der Waals surface area contributed by atoms with E-state index in [4.69, 9.17) is 0 Å². The van der Waals surface area contributed by atoms with Gasteiger partial charge in [-0.1, -0.05) is 17.7 Å². The summed E-state index contributed by atoms with van der Waals surface area (Å²) in [6, 6.07) is 7.62. The Morgan fingerprint density at radius 1 is 1.28 bits per heavy atom. The topological polar surface area (TPSA) is 44.4 Å². The summed E-state index contributed by atoms with van der Waals surface area (Å²) in [5.74, 6) is -0.00221. The number of amides is 1. The van der Waals surface area contributed by atoms with E-state index in [9.17, 15) is 4.79 Å². The molecule has 0 bridgehead atoms. The third-order valence-corrected chi connectivity index (χ3v) is 2.72. The number of hydrogen-bond acceptors (Lipinski definition) is 3. The lowest BCUT2D eigenvalue weighted by molar-refractivity contribution is -0.117. The van der Waals surface area contributed by atoms with Crippen LogP contribution in [0.1, 0.15) is 12.5 Å². The van der Waals surface area contributed by atoms with Gasteiger partial charge in [0.2, 0.25) is 5.91 Å². The van der Waals surface area contributed by atoms with E-state index in [0.29, 0.717) is 0 Å². The molecule has 2 N–H and O–H groups in total. The Morgan fingerprint density at radius 2 is 1.89 bits per heavy atom. The van der Waals surface area contributed by atoms with E-state index in [2.05, 4.69) is 15.5 Å². The van der Waals surface area contributed by atoms with Crippen molar-refractivity contribution >= 4 is 11.6 Å². The van der Waals surface area contributed by atoms with Crippen molar-refractivity contribution in [2.24, 2.45) is 0 Å². The first-order chi connectivity index (χ1) is 8.49. The van der Waals surface area contributed by atoms with Crippen LogP contribution in [0.5, 0.6) is 0 Å². The molecule has 1 amide bonds. The smallest absolute Gasteiger partial charge is 0.241 e. The monoisotopic (exact) mass is 249 g/mol. The number of likely N-dealkylation sites (N-methyl/N-ethyl adjacent to an activating group) is 1. The average molecular weight is 249 g/mol. The molecule has 0 fully saturated rings. The second kappa shape index (κ2) is 7.13. The fraction of sp³-hybridized carbons (Fsp3) is 0.500. The molecule has 4 nitrogen and oxygen atoms in total. The number of hydrogen-bond donors (Lipinski definition) is 2. The first-order valence-electron chi connectivity index (χ1n) is 6.24. The van der Waals surface area contributed by atoms with Crippen LogP contribution in [-0.4, -0.2) is 44.0 Å². The van der Waals surface area contributed by atoms with E-state index < -0.39 is 0 Å². The van der Waals surface area contributed by atoms with Crippen molar-refractivity contribution in [2.75, 3.05) is 32.5 Å². The van der Waals surface area contributed by atoms with Crippen molar-refractivity contribution < 1.29 is 4.79 Å². The molecular weight excluding hydrogens is 226 g/mol. The van der Waals surface area contributed by atoms with Gasteiger partial charge in [-0.05, 0) is 40.1 Å². The number of carbonyl (C=O) groups is 1. The summed E-state index contributed by atoms with van der Waals surface area (Å²) in [7, 11) is 4.03. The number of rotatable bonds is 6. The highest BCUT2D eigenvalue weighted by molar-refractivity contribution is 5.94. The molecule has 1 atom stereocenters. The summed E-state index contributed by atoms with van der Waals surface area (Å²) in [5, 5.41) is 6.08. The fourth-order valence-corrected chi connectivity index (χ4v) is 1.48. The van der Waals surface area contributed by atoms with E-state index in [-0.39, 0.29) is 11.9 Å². The number of aryl methyl sites for hydroxylation is 1. The lowest BCUT2D eigenvalue weighted by atomic mass is 10.2. The molecule has 0 aliphatic rings. The van der Waals surface area contributed by atoms with Crippen LogP contribution < -0.4 is 10.6 Å². The van der Waals surface area contributed by atoms with Gasteiger partial charge in [0.1, 0.15) is 0 Å². The normalized spacial score (nSPS) is 12.5. The SMILES string of the molecule is Cc1ccc(NC(=O)C(C)NCCN(C)C)cc1. The molecule has 0 saturated heterocycles. The van der Waals surface area contributed by atoms with Crippen molar-refractivity contribution in [1.82, 2.24) is 10.2 Å². The van der Waals surface area contributed by atoms with Crippen LogP contribution >= 0.6 is 0 Å². The Morgan fingerprint density at radius 3 is 2.44 bits per heavy atom. The molecule has 1 aromatic rings. The largest absolute Gasteiger partial charge is 0.325 e. The van der Waals surface area contributed by atoms with E-state index in [1.165, 1.54) is 5.56 Å². The van der Waals surface area contributed by atoms with Crippen LogP contribution in [0.2, 0.25) is 0 Å². The summed E-state index contributed by atoms with van der Waals surface area (Å²) in [4.78, 5) is 14.0. The molecule has 4 heteroatoms. The molecule has 18 heavy (non-hydrogen) atoms. The zero-order chi connectivity index (χ0) is 13.5. The molecule has 100 valence electrons. The molecule has 0 radical (unpaired) electrons. The van der Waals surface area contributed by atoms with Gasteiger partial charge in [-0.25, -0.2) is 0 Å². The highest BCUT2D eigenvalue weighted by atomic mass is 16.2. The third-order valence-electron chi connectivity index (χ3n) is 2.72. The maximum atomic E-state index is 11.9. The van der Waals surface area contributed by atoms with Crippen molar-refractivity contribution in [3.05, 3.63) is 29.8 Å². The van der Waals surface area contributed by atoms with Gasteiger partial charge in [0.05, 0.1) is 6.04 Å². The zero-order valence-electron chi connectivity index (χ0n) is 11.7. The molecule has 1 aromatic carbocycles. The van der Waals surface area contributed by atoms with Gasteiger partial charge in [0.15, 0.2) is 0 Å². The van der Waals surface area contributed by atoms with Gasteiger partial charge in [-0.15, -0.1) is 0 Å². The van der Waals surface area contributed by atoms with Crippen LogP contribution in [0.3, 0.4) is 0 Å². The van der Waals surface area contributed by atoms with Crippen LogP contribution in [-0.2, 0) is 4.79 Å².